The van der Waals surface area contributed by atoms with Crippen LogP contribution in [0, 0.1) is 0 Å². The molecule has 570 valence electrons. The smallest absolute Gasteiger partial charge is 0.220 e. The molecule has 3 saturated heterocycles. The Labute approximate surface area is 583 Å². The summed E-state index contributed by atoms with van der Waals surface area (Å²) in [4.78, 5) is 13.5. The lowest BCUT2D eigenvalue weighted by molar-refractivity contribution is -0.379. The number of aliphatic hydroxyl groups excluding tert-OH is 11. The van der Waals surface area contributed by atoms with Crippen molar-refractivity contribution in [2.24, 2.45) is 0 Å². The first kappa shape index (κ1) is 89.0. The number of aliphatic hydroxyl groups is 11. The third-order valence-electron chi connectivity index (χ3n) is 20.7. The largest absolute Gasteiger partial charge is 0.394 e. The molecule has 0 spiro atoms. The lowest BCUT2D eigenvalue weighted by Gasteiger charge is -2.48. The molecule has 3 heterocycles. The molecule has 0 aromatic carbocycles. The van der Waals surface area contributed by atoms with Crippen LogP contribution in [0.15, 0.2) is 0 Å². The molecule has 96 heavy (non-hydrogen) atoms. The van der Waals surface area contributed by atoms with Crippen molar-refractivity contribution >= 4 is 5.91 Å². The van der Waals surface area contributed by atoms with Crippen molar-refractivity contribution in [3.8, 4) is 0 Å². The van der Waals surface area contributed by atoms with Crippen LogP contribution in [0.2, 0.25) is 0 Å². The second-order valence-corrected chi connectivity index (χ2v) is 29.2. The first-order valence-electron chi connectivity index (χ1n) is 40.3. The SMILES string of the molecule is CCCCCCCCCCCCCCCCCCCCCCCCCCCCCCC(=O)NC(COC1OC(CO)C(OC2OC(CO)C(OC3OC(CO)C(O)C(O)C3O)C(O)C2O)C(O)C1O)C(O)CCCCCCCCCCCCCCCCCCCCCCCCC. The monoisotopic (exact) mass is 1380 g/mol. The number of carbonyl (C=O) groups excluding carboxylic acids is 1. The highest BCUT2D eigenvalue weighted by Crippen LogP contribution is 2.33. The molecule has 17 unspecified atom stereocenters. The Bertz CT molecular complexity index is 1740. The first-order chi connectivity index (χ1) is 46.8. The van der Waals surface area contributed by atoms with Gasteiger partial charge in [-0.2, -0.15) is 0 Å². The van der Waals surface area contributed by atoms with E-state index in [0.29, 0.717) is 12.8 Å². The van der Waals surface area contributed by atoms with Crippen LogP contribution in [0.25, 0.3) is 0 Å². The minimum absolute atomic E-state index is 0.233. The predicted molar refractivity (Wildman–Crippen MR) is 379 cm³/mol. The maximum absolute atomic E-state index is 13.5. The van der Waals surface area contributed by atoms with Gasteiger partial charge in [0.05, 0.1) is 38.6 Å². The van der Waals surface area contributed by atoms with Gasteiger partial charge in [0.25, 0.3) is 0 Å². The Hall–Kier alpha value is -1.21. The highest BCUT2D eigenvalue weighted by atomic mass is 16.8. The van der Waals surface area contributed by atoms with Gasteiger partial charge in [0.2, 0.25) is 5.91 Å². The van der Waals surface area contributed by atoms with Crippen LogP contribution in [0.4, 0.5) is 0 Å². The second-order valence-electron chi connectivity index (χ2n) is 29.2. The van der Waals surface area contributed by atoms with Gasteiger partial charge in [-0.3, -0.25) is 4.79 Å². The highest BCUT2D eigenvalue weighted by molar-refractivity contribution is 5.76. The zero-order valence-electron chi connectivity index (χ0n) is 60.9. The number of nitrogens with one attached hydrogen (secondary N) is 1. The fraction of sp³-hybridized carbons (Fsp3) is 0.987. The standard InChI is InChI=1S/C77H149NO18/c1-3-5-7-9-11-13-15-17-19-21-23-25-27-28-29-30-31-33-35-37-39-41-43-45-47-49-51-53-55-65(83)78-60(61(82)54-52-50-48-46-44-42-40-38-36-34-32-26-24-22-20-18-16-14-12-10-8-6-4-2)59-91-75-71(89)68(86)73(63(57-80)93-75)96-77-72(90)69(87)74(64(58-81)94-77)95-76-70(88)67(85)66(84)62(56-79)92-76/h60-64,66-77,79-82,84-90H,3-59H2,1-2H3,(H,78,83). The topological polar surface area (TPSA) is 307 Å². The highest BCUT2D eigenvalue weighted by Gasteiger charge is 2.54. The zero-order valence-corrected chi connectivity index (χ0v) is 60.9. The summed E-state index contributed by atoms with van der Waals surface area (Å²) in [5.74, 6) is -0.233. The van der Waals surface area contributed by atoms with E-state index in [2.05, 4.69) is 19.2 Å². The van der Waals surface area contributed by atoms with Crippen LogP contribution in [0.5, 0.6) is 0 Å². The molecule has 17 atom stereocenters. The Balaban J connectivity index is 1.37. The van der Waals surface area contributed by atoms with Gasteiger partial charge < -0.3 is 89.9 Å². The van der Waals surface area contributed by atoms with Gasteiger partial charge in [-0.25, -0.2) is 0 Å². The van der Waals surface area contributed by atoms with Crippen molar-refractivity contribution in [2.75, 3.05) is 26.4 Å². The summed E-state index contributed by atoms with van der Waals surface area (Å²) in [6, 6.07) is -0.883. The molecule has 19 heteroatoms. The summed E-state index contributed by atoms with van der Waals surface area (Å²) in [6.07, 6.45) is 40.5. The first-order valence-corrected chi connectivity index (χ1v) is 40.3. The molecule has 3 fully saturated rings. The third kappa shape index (κ3) is 39.4. The number of rotatable bonds is 65. The molecule has 0 aromatic heterocycles. The van der Waals surface area contributed by atoms with E-state index in [1.807, 2.05) is 0 Å². The average Bonchev–Trinajstić information content (AvgIpc) is 0.785. The minimum Gasteiger partial charge on any atom is -0.394 e. The lowest BCUT2D eigenvalue weighted by Crippen LogP contribution is -2.66. The number of carbonyl (C=O) groups is 1. The molecular weight excluding hydrogens is 1230 g/mol. The van der Waals surface area contributed by atoms with Crippen LogP contribution in [0.1, 0.15) is 354 Å². The number of hydrogen-bond donors (Lipinski definition) is 12. The van der Waals surface area contributed by atoms with Crippen LogP contribution in [-0.2, 0) is 33.2 Å². The maximum Gasteiger partial charge on any atom is 0.220 e. The summed E-state index contributed by atoms with van der Waals surface area (Å²) in [7, 11) is 0. The van der Waals surface area contributed by atoms with E-state index in [9.17, 15) is 61.0 Å². The molecule has 0 radical (unpaired) electrons. The number of amides is 1. The second kappa shape index (κ2) is 59.2. The summed E-state index contributed by atoms with van der Waals surface area (Å²) in [6.45, 7) is 1.87. The lowest BCUT2D eigenvalue weighted by atomic mass is 9.96. The van der Waals surface area contributed by atoms with E-state index in [1.165, 1.54) is 276 Å². The summed E-state index contributed by atoms with van der Waals surface area (Å²) in [5, 5.41) is 121. The Kier molecular flexibility index (Phi) is 54.9. The number of hydrogen-bond acceptors (Lipinski definition) is 18. The van der Waals surface area contributed by atoms with Crippen molar-refractivity contribution in [3.63, 3.8) is 0 Å². The summed E-state index contributed by atoms with van der Waals surface area (Å²) < 4.78 is 34.5. The Morgan fingerprint density at radius 2 is 0.594 bits per heavy atom. The molecule has 0 aromatic rings. The van der Waals surface area contributed by atoms with E-state index in [1.54, 1.807) is 0 Å². The molecule has 0 aliphatic carbocycles. The Morgan fingerprint density at radius 1 is 0.333 bits per heavy atom. The maximum atomic E-state index is 13.5. The molecule has 3 aliphatic heterocycles. The average molecular weight is 1380 g/mol. The van der Waals surface area contributed by atoms with E-state index in [-0.39, 0.29) is 18.9 Å². The van der Waals surface area contributed by atoms with Crippen molar-refractivity contribution in [2.45, 2.75) is 458 Å². The Morgan fingerprint density at radius 3 is 0.906 bits per heavy atom. The van der Waals surface area contributed by atoms with Crippen molar-refractivity contribution in [1.82, 2.24) is 5.32 Å². The molecule has 3 rings (SSSR count). The quantitative estimate of drug-likeness (QED) is 0.0252. The van der Waals surface area contributed by atoms with Gasteiger partial charge in [0.15, 0.2) is 18.9 Å². The van der Waals surface area contributed by atoms with Gasteiger partial charge in [0, 0.05) is 6.42 Å². The van der Waals surface area contributed by atoms with Crippen molar-refractivity contribution in [3.05, 3.63) is 0 Å². The van der Waals surface area contributed by atoms with E-state index >= 15 is 0 Å². The summed E-state index contributed by atoms with van der Waals surface area (Å²) >= 11 is 0. The molecule has 3 aliphatic rings. The zero-order chi connectivity index (χ0) is 69.6. The molecule has 0 bridgehead atoms. The van der Waals surface area contributed by atoms with Crippen LogP contribution in [-0.4, -0.2) is 193 Å². The summed E-state index contributed by atoms with van der Waals surface area (Å²) in [5.41, 5.74) is 0. The number of unbranched alkanes of at least 4 members (excludes halogenated alkanes) is 49. The molecule has 12 N–H and O–H groups in total. The minimum atomic E-state index is -1.97. The van der Waals surface area contributed by atoms with Gasteiger partial charge in [-0.05, 0) is 12.8 Å². The van der Waals surface area contributed by atoms with Gasteiger partial charge in [-0.15, -0.1) is 0 Å². The normalized spacial score (nSPS) is 26.9. The molecule has 1 amide bonds. The molecule has 19 nitrogen and oxygen atoms in total. The third-order valence-corrected chi connectivity index (χ3v) is 20.7. The van der Waals surface area contributed by atoms with Crippen LogP contribution < -0.4 is 5.32 Å². The fourth-order valence-electron chi connectivity index (χ4n) is 14.2. The number of ether oxygens (including phenoxy) is 6. The van der Waals surface area contributed by atoms with Crippen LogP contribution in [0.3, 0.4) is 0 Å². The van der Waals surface area contributed by atoms with Crippen molar-refractivity contribution < 1.29 is 89.4 Å². The predicted octanol–water partition coefficient (Wildman–Crippen LogP) is 13.0. The van der Waals surface area contributed by atoms with Crippen molar-refractivity contribution in [1.29, 1.82) is 0 Å². The molecule has 0 saturated carbocycles. The van der Waals surface area contributed by atoms with E-state index in [4.69, 9.17) is 28.4 Å². The van der Waals surface area contributed by atoms with Gasteiger partial charge >= 0.3 is 0 Å². The van der Waals surface area contributed by atoms with E-state index in [0.717, 1.165) is 44.9 Å². The van der Waals surface area contributed by atoms with E-state index < -0.39 is 124 Å². The van der Waals surface area contributed by atoms with Gasteiger partial charge in [0.1, 0.15) is 73.2 Å². The van der Waals surface area contributed by atoms with Crippen LogP contribution >= 0.6 is 0 Å². The molecular formula is C77H149NO18. The van der Waals surface area contributed by atoms with Gasteiger partial charge in [-0.1, -0.05) is 335 Å². The fourth-order valence-corrected chi connectivity index (χ4v) is 14.2.